The van der Waals surface area contributed by atoms with Gasteiger partial charge in [-0.2, -0.15) is 8.78 Å². The van der Waals surface area contributed by atoms with Crippen LogP contribution in [0, 0.1) is 13.8 Å². The normalized spacial score (nSPS) is 19.5. The van der Waals surface area contributed by atoms with Gasteiger partial charge in [-0.15, -0.1) is 0 Å². The highest BCUT2D eigenvalue weighted by Gasteiger charge is 2.73. The second-order valence-corrected chi connectivity index (χ2v) is 8.67. The number of ether oxygens (including phenoxy) is 3. The van der Waals surface area contributed by atoms with Crippen LogP contribution in [-0.4, -0.2) is 23.5 Å². The number of aryl methyl sites for hydroxylation is 1. The number of hydrogen-bond acceptors (Lipinski definition) is 4. The Morgan fingerprint density at radius 2 is 1.77 bits per heavy atom. The van der Waals surface area contributed by atoms with Gasteiger partial charge in [-0.3, -0.25) is 4.79 Å². The average molecular weight is 459 g/mol. The van der Waals surface area contributed by atoms with Gasteiger partial charge < -0.3 is 14.2 Å². The van der Waals surface area contributed by atoms with Gasteiger partial charge >= 0.3 is 12.6 Å². The van der Waals surface area contributed by atoms with Crippen molar-refractivity contribution in [3.63, 3.8) is 0 Å². The Labute approximate surface area is 184 Å². The molecule has 1 unspecified atom stereocenters. The van der Waals surface area contributed by atoms with E-state index in [0.29, 0.717) is 29.0 Å². The SMILES string of the molecule is CCOc1ccc(C2(C(=O)OCc3c(C)ccc(OC(F)F)c3C)CC2(Cl)Cl)cc1. The minimum Gasteiger partial charge on any atom is -0.494 e. The van der Waals surface area contributed by atoms with Gasteiger partial charge in [0.15, 0.2) is 0 Å². The molecule has 0 saturated heterocycles. The summed E-state index contributed by atoms with van der Waals surface area (Å²) in [7, 11) is 0. The van der Waals surface area contributed by atoms with Crippen molar-refractivity contribution in [3.8, 4) is 11.5 Å². The van der Waals surface area contributed by atoms with Crippen LogP contribution in [0.1, 0.15) is 35.6 Å². The summed E-state index contributed by atoms with van der Waals surface area (Å²) in [5.74, 6) is 0.135. The molecule has 0 bridgehead atoms. The highest BCUT2D eigenvalue weighted by atomic mass is 35.5. The van der Waals surface area contributed by atoms with E-state index in [1.54, 1.807) is 44.2 Å². The molecule has 0 radical (unpaired) electrons. The van der Waals surface area contributed by atoms with Crippen LogP contribution in [0.5, 0.6) is 11.5 Å². The largest absolute Gasteiger partial charge is 0.494 e. The molecule has 30 heavy (non-hydrogen) atoms. The molecule has 1 aliphatic rings. The van der Waals surface area contributed by atoms with E-state index in [2.05, 4.69) is 4.74 Å². The van der Waals surface area contributed by atoms with E-state index in [-0.39, 0.29) is 18.8 Å². The molecule has 0 spiro atoms. The zero-order chi connectivity index (χ0) is 22.1. The smallest absolute Gasteiger partial charge is 0.387 e. The van der Waals surface area contributed by atoms with Crippen molar-refractivity contribution in [1.29, 1.82) is 0 Å². The first-order valence-corrected chi connectivity index (χ1v) is 10.2. The van der Waals surface area contributed by atoms with Crippen LogP contribution in [0.4, 0.5) is 8.78 Å². The Kier molecular flexibility index (Phi) is 6.48. The van der Waals surface area contributed by atoms with Gasteiger partial charge in [0, 0.05) is 6.42 Å². The van der Waals surface area contributed by atoms with Crippen molar-refractivity contribution in [3.05, 3.63) is 58.7 Å². The molecular weight excluding hydrogens is 437 g/mol. The van der Waals surface area contributed by atoms with E-state index in [4.69, 9.17) is 32.7 Å². The monoisotopic (exact) mass is 458 g/mol. The van der Waals surface area contributed by atoms with Crippen molar-refractivity contribution in [2.24, 2.45) is 0 Å². The third kappa shape index (κ3) is 4.21. The lowest BCUT2D eigenvalue weighted by Gasteiger charge is -2.20. The quantitative estimate of drug-likeness (QED) is 0.366. The molecule has 0 aliphatic heterocycles. The van der Waals surface area contributed by atoms with E-state index in [1.165, 1.54) is 6.07 Å². The van der Waals surface area contributed by atoms with Crippen LogP contribution in [0.2, 0.25) is 0 Å². The Balaban J connectivity index is 1.81. The van der Waals surface area contributed by atoms with Gasteiger partial charge in [0.1, 0.15) is 27.9 Å². The summed E-state index contributed by atoms with van der Waals surface area (Å²) in [5.41, 5.74) is 1.30. The molecule has 0 heterocycles. The van der Waals surface area contributed by atoms with Crippen molar-refractivity contribution in [2.75, 3.05) is 6.61 Å². The van der Waals surface area contributed by atoms with Crippen LogP contribution in [-0.2, 0) is 21.6 Å². The lowest BCUT2D eigenvalue weighted by molar-refractivity contribution is -0.148. The van der Waals surface area contributed by atoms with Crippen molar-refractivity contribution in [2.45, 2.75) is 50.2 Å². The molecule has 162 valence electrons. The van der Waals surface area contributed by atoms with E-state index in [9.17, 15) is 13.6 Å². The molecule has 8 heteroatoms. The molecule has 3 rings (SSSR count). The molecule has 0 aromatic heterocycles. The first kappa shape index (κ1) is 22.6. The second-order valence-electron chi connectivity index (χ2n) is 7.18. The molecule has 1 aliphatic carbocycles. The van der Waals surface area contributed by atoms with Crippen molar-refractivity contribution >= 4 is 29.2 Å². The number of rotatable bonds is 8. The molecular formula is C22H22Cl2F2O4. The number of carbonyl (C=O) groups excluding carboxylic acids is 1. The predicted molar refractivity (Wildman–Crippen MR) is 111 cm³/mol. The standard InChI is InChI=1S/C22H22Cl2F2O4/c1-4-28-16-8-6-15(7-9-16)21(12-22(21,23)24)19(27)29-11-17-13(2)5-10-18(14(17)3)30-20(25)26/h5-10,20H,4,11-12H2,1-3H3. The maximum absolute atomic E-state index is 13.0. The first-order valence-electron chi connectivity index (χ1n) is 9.44. The summed E-state index contributed by atoms with van der Waals surface area (Å²) in [6.45, 7) is 2.79. The van der Waals surface area contributed by atoms with E-state index in [0.717, 1.165) is 5.56 Å². The van der Waals surface area contributed by atoms with Gasteiger partial charge in [0.25, 0.3) is 0 Å². The highest BCUT2D eigenvalue weighted by molar-refractivity contribution is 6.54. The molecule has 1 saturated carbocycles. The van der Waals surface area contributed by atoms with Gasteiger partial charge in [-0.1, -0.05) is 41.4 Å². The van der Waals surface area contributed by atoms with E-state index >= 15 is 0 Å². The fourth-order valence-corrected chi connectivity index (χ4v) is 4.29. The summed E-state index contributed by atoms with van der Waals surface area (Å²) in [6, 6.07) is 10.1. The molecule has 2 aromatic carbocycles. The molecule has 1 fully saturated rings. The van der Waals surface area contributed by atoms with E-state index in [1.807, 2.05) is 6.92 Å². The minimum atomic E-state index is -2.94. The fourth-order valence-electron chi connectivity index (χ4n) is 3.52. The summed E-state index contributed by atoms with van der Waals surface area (Å²) >= 11 is 12.7. The lowest BCUT2D eigenvalue weighted by atomic mass is 9.95. The van der Waals surface area contributed by atoms with Crippen molar-refractivity contribution < 1.29 is 27.8 Å². The predicted octanol–water partition coefficient (Wildman–Crippen LogP) is 5.86. The van der Waals surface area contributed by atoms with Crippen LogP contribution in [0.3, 0.4) is 0 Å². The molecule has 0 amide bonds. The van der Waals surface area contributed by atoms with Crippen LogP contribution >= 0.6 is 23.2 Å². The lowest BCUT2D eigenvalue weighted by Crippen LogP contribution is -2.29. The number of halogens is 4. The number of carbonyl (C=O) groups is 1. The third-order valence-electron chi connectivity index (χ3n) is 5.34. The van der Waals surface area contributed by atoms with Gasteiger partial charge in [0.2, 0.25) is 0 Å². The van der Waals surface area contributed by atoms with Gasteiger partial charge in [-0.25, -0.2) is 0 Å². The summed E-state index contributed by atoms with van der Waals surface area (Å²) in [5, 5.41) is 0. The number of esters is 1. The zero-order valence-electron chi connectivity index (χ0n) is 16.8. The molecule has 0 N–H and O–H groups in total. The zero-order valence-corrected chi connectivity index (χ0v) is 18.3. The number of hydrogen-bond donors (Lipinski definition) is 0. The van der Waals surface area contributed by atoms with E-state index < -0.39 is 22.3 Å². The van der Waals surface area contributed by atoms with Crippen LogP contribution in [0.15, 0.2) is 36.4 Å². The minimum absolute atomic E-state index is 0.0401. The molecule has 2 aromatic rings. The first-order chi connectivity index (χ1) is 14.1. The Morgan fingerprint density at radius 1 is 1.13 bits per heavy atom. The second kappa shape index (κ2) is 8.60. The van der Waals surface area contributed by atoms with Gasteiger partial charge in [0.05, 0.1) is 6.61 Å². The summed E-state index contributed by atoms with van der Waals surface area (Å²) < 4.78 is 39.5. The number of benzene rings is 2. The summed E-state index contributed by atoms with van der Waals surface area (Å²) in [6.07, 6.45) is 0.211. The fraction of sp³-hybridized carbons (Fsp3) is 0.409. The maximum atomic E-state index is 13.0. The van der Waals surface area contributed by atoms with Gasteiger partial charge in [-0.05, 0) is 61.2 Å². The maximum Gasteiger partial charge on any atom is 0.387 e. The average Bonchev–Trinajstić information content (AvgIpc) is 3.28. The summed E-state index contributed by atoms with van der Waals surface area (Å²) in [4.78, 5) is 13.0. The Bertz CT molecular complexity index is 931. The molecule has 1 atom stereocenters. The van der Waals surface area contributed by atoms with Crippen molar-refractivity contribution in [1.82, 2.24) is 0 Å². The molecule has 4 nitrogen and oxygen atoms in total. The van der Waals surface area contributed by atoms with Crippen LogP contribution in [0.25, 0.3) is 0 Å². The third-order valence-corrected chi connectivity index (χ3v) is 6.25. The number of alkyl halides is 4. The topological polar surface area (TPSA) is 44.8 Å². The van der Waals surface area contributed by atoms with Crippen LogP contribution < -0.4 is 9.47 Å². The Hall–Kier alpha value is -2.05. The Morgan fingerprint density at radius 3 is 2.30 bits per heavy atom. The highest BCUT2D eigenvalue weighted by Crippen LogP contribution is 2.65.